The van der Waals surface area contributed by atoms with Crippen LogP contribution in [-0.2, 0) is 16.0 Å². The molecule has 2 atom stereocenters. The lowest BCUT2D eigenvalue weighted by molar-refractivity contribution is -0.144. The summed E-state index contributed by atoms with van der Waals surface area (Å²) in [4.78, 5) is 31.3. The van der Waals surface area contributed by atoms with E-state index in [-0.39, 0.29) is 30.3 Å². The van der Waals surface area contributed by atoms with Crippen molar-refractivity contribution in [2.45, 2.75) is 53.5 Å². The number of amides is 2. The number of carbonyl (C=O) groups is 2. The average Bonchev–Trinajstić information content (AvgIpc) is 3.26. The van der Waals surface area contributed by atoms with Gasteiger partial charge in [-0.1, -0.05) is 51.8 Å². The van der Waals surface area contributed by atoms with Crippen LogP contribution in [0, 0.1) is 18.8 Å². The van der Waals surface area contributed by atoms with E-state index in [9.17, 15) is 9.59 Å². The number of rotatable bonds is 9. The van der Waals surface area contributed by atoms with E-state index in [4.69, 9.17) is 4.74 Å². The molecular weight excluding hydrogens is 420 g/mol. The number of ether oxygens (including phenoxy) is 1. The minimum Gasteiger partial charge on any atom is -0.491 e. The van der Waals surface area contributed by atoms with Crippen LogP contribution in [0.15, 0.2) is 35.7 Å². The first-order valence-electron chi connectivity index (χ1n) is 11.6. The number of carbonyl (C=O) groups excluding carboxylic acids is 2. The predicted molar refractivity (Wildman–Crippen MR) is 130 cm³/mol. The summed E-state index contributed by atoms with van der Waals surface area (Å²) in [7, 11) is 0. The summed E-state index contributed by atoms with van der Waals surface area (Å²) < 4.78 is 6.11. The monoisotopic (exact) mass is 456 g/mol. The smallest absolute Gasteiger partial charge is 0.242 e. The molecule has 0 saturated carbocycles. The maximum atomic E-state index is 13.5. The lowest BCUT2D eigenvalue weighted by atomic mass is 10.00. The van der Waals surface area contributed by atoms with Gasteiger partial charge in [0.1, 0.15) is 12.4 Å². The maximum absolute atomic E-state index is 13.5. The van der Waals surface area contributed by atoms with Gasteiger partial charge in [0.2, 0.25) is 11.8 Å². The lowest BCUT2D eigenvalue weighted by Crippen LogP contribution is -2.49. The number of nitrogens with zero attached hydrogens (tertiary/aromatic N) is 2. The van der Waals surface area contributed by atoms with Crippen LogP contribution in [0.25, 0.3) is 0 Å². The SMILES string of the molecule is CC[C@@H](C)CN(CC(=O)N1CCc2sccc2[C@@H]1COc1ccc(C)cc1)C(=O)C(C)C. The third kappa shape index (κ3) is 5.91. The third-order valence-electron chi connectivity index (χ3n) is 6.20. The van der Waals surface area contributed by atoms with E-state index in [0.717, 1.165) is 18.6 Å². The zero-order valence-corrected chi connectivity index (χ0v) is 20.8. The first-order valence-corrected chi connectivity index (χ1v) is 12.5. The highest BCUT2D eigenvalue weighted by molar-refractivity contribution is 7.10. The number of fused-ring (bicyclic) bond motifs is 1. The summed E-state index contributed by atoms with van der Waals surface area (Å²) in [5, 5.41) is 2.09. The molecule has 0 aliphatic carbocycles. The second kappa shape index (κ2) is 11.0. The fraction of sp³-hybridized carbons (Fsp3) is 0.538. The standard InChI is InChI=1S/C26H36N2O3S/c1-6-19(4)15-27(26(30)18(2)3)16-25(29)28-13-11-24-22(12-14-32-24)23(28)17-31-21-9-7-20(5)8-10-21/h7-10,12,14,18-19,23H,6,11,13,15-17H2,1-5H3/t19-,23+/m1/s1. The van der Waals surface area contributed by atoms with Gasteiger partial charge in [-0.05, 0) is 48.4 Å². The quantitative estimate of drug-likeness (QED) is 0.528. The van der Waals surface area contributed by atoms with Gasteiger partial charge in [-0.15, -0.1) is 11.3 Å². The van der Waals surface area contributed by atoms with Gasteiger partial charge in [-0.2, -0.15) is 0 Å². The zero-order valence-electron chi connectivity index (χ0n) is 20.0. The van der Waals surface area contributed by atoms with Crippen LogP contribution >= 0.6 is 11.3 Å². The van der Waals surface area contributed by atoms with Crippen LogP contribution in [0.3, 0.4) is 0 Å². The Morgan fingerprint density at radius 2 is 1.91 bits per heavy atom. The van der Waals surface area contributed by atoms with Crippen LogP contribution < -0.4 is 4.74 Å². The van der Waals surface area contributed by atoms with Crippen LogP contribution in [0.5, 0.6) is 5.75 Å². The zero-order chi connectivity index (χ0) is 23.3. The number of thiophene rings is 1. The molecule has 5 nitrogen and oxygen atoms in total. The average molecular weight is 457 g/mol. The Balaban J connectivity index is 1.77. The number of aryl methyl sites for hydroxylation is 1. The molecule has 0 fully saturated rings. The first-order chi connectivity index (χ1) is 15.3. The molecular formula is C26H36N2O3S. The molecule has 2 heterocycles. The fourth-order valence-electron chi connectivity index (χ4n) is 4.04. The van der Waals surface area contributed by atoms with E-state index < -0.39 is 0 Å². The maximum Gasteiger partial charge on any atom is 0.242 e. The highest BCUT2D eigenvalue weighted by Crippen LogP contribution is 2.34. The first kappa shape index (κ1) is 24.3. The molecule has 1 aromatic heterocycles. The predicted octanol–water partition coefficient (Wildman–Crippen LogP) is 5.09. The van der Waals surface area contributed by atoms with E-state index in [2.05, 4.69) is 25.3 Å². The van der Waals surface area contributed by atoms with E-state index in [1.54, 1.807) is 16.2 Å². The Morgan fingerprint density at radius 3 is 2.56 bits per heavy atom. The summed E-state index contributed by atoms with van der Waals surface area (Å²) in [5.74, 6) is 1.07. The molecule has 0 spiro atoms. The summed E-state index contributed by atoms with van der Waals surface area (Å²) in [5.41, 5.74) is 2.36. The van der Waals surface area contributed by atoms with Gasteiger partial charge in [-0.25, -0.2) is 0 Å². The minimum atomic E-state index is -0.140. The van der Waals surface area contributed by atoms with Crippen molar-refractivity contribution in [1.82, 2.24) is 9.80 Å². The number of hydrogen-bond acceptors (Lipinski definition) is 4. The lowest BCUT2D eigenvalue weighted by Gasteiger charge is -2.37. The highest BCUT2D eigenvalue weighted by atomic mass is 32.1. The van der Waals surface area contributed by atoms with Crippen molar-refractivity contribution >= 4 is 23.2 Å². The van der Waals surface area contributed by atoms with Crippen molar-refractivity contribution in [3.63, 3.8) is 0 Å². The topological polar surface area (TPSA) is 49.9 Å². The fourth-order valence-corrected chi connectivity index (χ4v) is 4.97. The normalized spacial score (nSPS) is 16.6. The second-order valence-corrected chi connectivity index (χ2v) is 10.2. The van der Waals surface area contributed by atoms with E-state index >= 15 is 0 Å². The van der Waals surface area contributed by atoms with Crippen molar-refractivity contribution in [1.29, 1.82) is 0 Å². The van der Waals surface area contributed by atoms with Gasteiger partial charge in [0.05, 0.1) is 12.6 Å². The minimum absolute atomic E-state index is 0.00309. The Labute approximate surface area is 196 Å². The molecule has 2 amide bonds. The van der Waals surface area contributed by atoms with Gasteiger partial charge in [0.15, 0.2) is 0 Å². The largest absolute Gasteiger partial charge is 0.491 e. The summed E-state index contributed by atoms with van der Waals surface area (Å²) in [6, 6.07) is 9.96. The second-order valence-electron chi connectivity index (χ2n) is 9.16. The molecule has 2 aromatic rings. The van der Waals surface area contributed by atoms with Gasteiger partial charge in [0, 0.05) is 23.9 Å². The van der Waals surface area contributed by atoms with E-state index in [0.29, 0.717) is 25.6 Å². The van der Waals surface area contributed by atoms with Crippen LogP contribution in [0.2, 0.25) is 0 Å². The molecule has 0 bridgehead atoms. The van der Waals surface area contributed by atoms with Crippen molar-refractivity contribution < 1.29 is 14.3 Å². The van der Waals surface area contributed by atoms with E-state index in [1.165, 1.54) is 16.0 Å². The molecule has 0 radical (unpaired) electrons. The van der Waals surface area contributed by atoms with Crippen molar-refractivity contribution in [2.24, 2.45) is 11.8 Å². The molecule has 6 heteroatoms. The van der Waals surface area contributed by atoms with Crippen molar-refractivity contribution in [2.75, 3.05) is 26.2 Å². The van der Waals surface area contributed by atoms with Crippen molar-refractivity contribution in [3.8, 4) is 5.75 Å². The molecule has 174 valence electrons. The molecule has 1 aromatic carbocycles. The summed E-state index contributed by atoms with van der Waals surface area (Å²) in [6.07, 6.45) is 1.83. The molecule has 1 aliphatic rings. The Morgan fingerprint density at radius 1 is 1.19 bits per heavy atom. The van der Waals surface area contributed by atoms with Crippen LogP contribution in [0.1, 0.15) is 56.2 Å². The number of benzene rings is 1. The van der Waals surface area contributed by atoms with Gasteiger partial charge in [0.25, 0.3) is 0 Å². The molecule has 3 rings (SSSR count). The molecule has 0 unspecified atom stereocenters. The van der Waals surface area contributed by atoms with Crippen molar-refractivity contribution in [3.05, 3.63) is 51.7 Å². The molecule has 0 N–H and O–H groups in total. The van der Waals surface area contributed by atoms with E-state index in [1.807, 2.05) is 49.9 Å². The van der Waals surface area contributed by atoms with Gasteiger partial charge in [-0.3, -0.25) is 9.59 Å². The third-order valence-corrected chi connectivity index (χ3v) is 7.20. The van der Waals surface area contributed by atoms with Crippen LogP contribution in [-0.4, -0.2) is 47.9 Å². The summed E-state index contributed by atoms with van der Waals surface area (Å²) >= 11 is 1.74. The molecule has 32 heavy (non-hydrogen) atoms. The van der Waals surface area contributed by atoms with Gasteiger partial charge < -0.3 is 14.5 Å². The van der Waals surface area contributed by atoms with Gasteiger partial charge >= 0.3 is 0 Å². The Bertz CT molecular complexity index is 906. The highest BCUT2D eigenvalue weighted by Gasteiger charge is 2.34. The Kier molecular flexibility index (Phi) is 8.35. The molecule has 0 saturated heterocycles. The molecule has 1 aliphatic heterocycles. The number of hydrogen-bond donors (Lipinski definition) is 0. The van der Waals surface area contributed by atoms with Crippen LogP contribution in [0.4, 0.5) is 0 Å². The summed E-state index contributed by atoms with van der Waals surface area (Å²) in [6.45, 7) is 11.9. The Hall–Kier alpha value is -2.34.